The lowest BCUT2D eigenvalue weighted by molar-refractivity contribution is -0.137. The minimum atomic E-state index is -4.60. The number of piperidine rings is 1. The summed E-state index contributed by atoms with van der Waals surface area (Å²) in [7, 11) is -2.99. The second-order valence-electron chi connectivity index (χ2n) is 8.34. The van der Waals surface area contributed by atoms with Gasteiger partial charge in [-0.05, 0) is 61.7 Å². The number of likely N-dealkylation sites (tertiary alicyclic amines) is 1. The van der Waals surface area contributed by atoms with Crippen LogP contribution in [0.2, 0.25) is 0 Å². The van der Waals surface area contributed by atoms with Crippen molar-refractivity contribution in [3.63, 3.8) is 0 Å². The molecule has 0 spiro atoms. The van der Waals surface area contributed by atoms with E-state index in [0.29, 0.717) is 37.1 Å². The first-order chi connectivity index (χ1) is 17.0. The van der Waals surface area contributed by atoms with Gasteiger partial charge in [0.05, 0.1) is 23.1 Å². The maximum absolute atomic E-state index is 13.7. The van der Waals surface area contributed by atoms with E-state index in [0.717, 1.165) is 24.3 Å². The van der Waals surface area contributed by atoms with Crippen LogP contribution in [0.15, 0.2) is 53.4 Å². The number of alkyl halides is 3. The number of carbonyl (C=O) groups is 2. The molecule has 12 heteroatoms. The molecule has 1 aliphatic rings. The van der Waals surface area contributed by atoms with Gasteiger partial charge >= 0.3 is 18.2 Å². The first kappa shape index (κ1) is 27.5. The van der Waals surface area contributed by atoms with Crippen molar-refractivity contribution in [1.29, 1.82) is 0 Å². The summed E-state index contributed by atoms with van der Waals surface area (Å²) in [5.41, 5.74) is -0.0989. The van der Waals surface area contributed by atoms with E-state index in [-0.39, 0.29) is 24.0 Å². The third-order valence-corrected chi connectivity index (χ3v) is 7.83. The molecule has 0 radical (unpaired) electrons. The maximum atomic E-state index is 13.7. The number of rotatable bonds is 7. The van der Waals surface area contributed by atoms with Crippen LogP contribution < -0.4 is 5.32 Å². The Bertz CT molecular complexity index is 1170. The highest BCUT2D eigenvalue weighted by Crippen LogP contribution is 2.31. The quantitative estimate of drug-likeness (QED) is 0.552. The standard InChI is InChI=1S/C24H28F3N3O5S/c1-3-28-23(32)29-14-4-5-20(16-29)30(15-17-6-8-18(9-7-17)22(31)35-2)36(33,34)21-12-10-19(11-13-21)24(25,26)27/h6-13,20H,3-5,14-16H2,1-2H3,(H,28,32). The number of hydrogen-bond acceptors (Lipinski definition) is 5. The molecule has 0 bridgehead atoms. The van der Waals surface area contributed by atoms with Crippen molar-refractivity contribution in [1.82, 2.24) is 14.5 Å². The van der Waals surface area contributed by atoms with Crippen molar-refractivity contribution in [3.8, 4) is 0 Å². The molecule has 2 amide bonds. The van der Waals surface area contributed by atoms with Crippen molar-refractivity contribution in [2.75, 3.05) is 26.7 Å². The summed E-state index contributed by atoms with van der Waals surface area (Å²) in [5.74, 6) is -0.541. The van der Waals surface area contributed by atoms with E-state index in [1.165, 1.54) is 28.4 Å². The highest BCUT2D eigenvalue weighted by atomic mass is 32.2. The molecule has 1 unspecified atom stereocenters. The lowest BCUT2D eigenvalue weighted by Gasteiger charge is -2.38. The predicted molar refractivity (Wildman–Crippen MR) is 126 cm³/mol. The molecule has 2 aromatic rings. The molecule has 1 atom stereocenters. The van der Waals surface area contributed by atoms with E-state index in [9.17, 15) is 31.2 Å². The Morgan fingerprint density at radius 2 is 1.75 bits per heavy atom. The minimum Gasteiger partial charge on any atom is -0.465 e. The number of amides is 2. The SMILES string of the molecule is CCNC(=O)N1CCCC(N(Cc2ccc(C(=O)OC)cc2)S(=O)(=O)c2ccc(C(F)(F)F)cc2)C1. The van der Waals surface area contributed by atoms with Crippen molar-refractivity contribution >= 4 is 22.0 Å². The number of halogens is 3. The van der Waals surface area contributed by atoms with Gasteiger partial charge in [0.2, 0.25) is 10.0 Å². The van der Waals surface area contributed by atoms with Crippen LogP contribution in [0, 0.1) is 0 Å². The number of methoxy groups -OCH3 is 1. The van der Waals surface area contributed by atoms with Crippen molar-refractivity contribution in [2.24, 2.45) is 0 Å². The summed E-state index contributed by atoms with van der Waals surface area (Å²) in [4.78, 5) is 25.4. The van der Waals surface area contributed by atoms with Gasteiger partial charge in [0.15, 0.2) is 0 Å². The molecule has 1 N–H and O–H groups in total. The smallest absolute Gasteiger partial charge is 0.416 e. The van der Waals surface area contributed by atoms with Crippen molar-refractivity contribution < 1.29 is 35.9 Å². The summed E-state index contributed by atoms with van der Waals surface area (Å²) in [6.45, 7) is 2.69. The zero-order chi connectivity index (χ0) is 26.5. The number of esters is 1. The first-order valence-corrected chi connectivity index (χ1v) is 12.8. The molecule has 2 aromatic carbocycles. The average Bonchev–Trinajstić information content (AvgIpc) is 2.87. The molecule has 0 aromatic heterocycles. The van der Waals surface area contributed by atoms with Crippen LogP contribution in [-0.4, -0.2) is 62.4 Å². The van der Waals surface area contributed by atoms with Gasteiger partial charge in [-0.3, -0.25) is 0 Å². The highest BCUT2D eigenvalue weighted by Gasteiger charge is 2.36. The van der Waals surface area contributed by atoms with Crippen LogP contribution in [-0.2, 0) is 27.5 Å². The Labute approximate surface area is 208 Å². The van der Waals surface area contributed by atoms with E-state index in [1.807, 2.05) is 0 Å². The van der Waals surface area contributed by atoms with Crippen molar-refractivity contribution in [2.45, 2.75) is 43.4 Å². The zero-order valence-electron chi connectivity index (χ0n) is 19.9. The van der Waals surface area contributed by atoms with Crippen molar-refractivity contribution in [3.05, 3.63) is 65.2 Å². The molecule has 8 nitrogen and oxygen atoms in total. The molecule has 196 valence electrons. The fourth-order valence-corrected chi connectivity index (χ4v) is 5.68. The Hall–Kier alpha value is -3.12. The van der Waals surface area contributed by atoms with E-state index >= 15 is 0 Å². The second kappa shape index (κ2) is 11.3. The summed E-state index contributed by atoms with van der Waals surface area (Å²) < 4.78 is 72.3. The van der Waals surface area contributed by atoms with E-state index in [1.54, 1.807) is 19.1 Å². The van der Waals surface area contributed by atoms with Gasteiger partial charge in [0, 0.05) is 32.2 Å². The normalized spacial score (nSPS) is 16.6. The van der Waals surface area contributed by atoms with Crippen LogP contribution in [0.1, 0.15) is 41.3 Å². The maximum Gasteiger partial charge on any atom is 0.416 e. The first-order valence-electron chi connectivity index (χ1n) is 11.4. The van der Waals surface area contributed by atoms with Crippen LogP contribution >= 0.6 is 0 Å². The monoisotopic (exact) mass is 527 g/mol. The fourth-order valence-electron chi connectivity index (χ4n) is 4.04. The second-order valence-corrected chi connectivity index (χ2v) is 10.2. The molecule has 3 rings (SSSR count). The van der Waals surface area contributed by atoms with Crippen LogP contribution in [0.5, 0.6) is 0 Å². The molecule has 1 saturated heterocycles. The lowest BCUT2D eigenvalue weighted by Crippen LogP contribution is -2.53. The Morgan fingerprint density at radius 1 is 1.11 bits per heavy atom. The van der Waals surface area contributed by atoms with E-state index in [2.05, 4.69) is 10.1 Å². The molecule has 1 heterocycles. The van der Waals surface area contributed by atoms with Gasteiger partial charge in [-0.2, -0.15) is 17.5 Å². The number of nitrogens with zero attached hydrogens (tertiary/aromatic N) is 2. The average molecular weight is 528 g/mol. The predicted octanol–water partition coefficient (Wildman–Crippen LogP) is 3.88. The lowest BCUT2D eigenvalue weighted by atomic mass is 10.1. The molecule has 0 aliphatic carbocycles. The minimum absolute atomic E-state index is 0.0985. The largest absolute Gasteiger partial charge is 0.465 e. The van der Waals surface area contributed by atoms with Gasteiger partial charge in [0.1, 0.15) is 0 Å². The molecule has 1 fully saturated rings. The summed E-state index contributed by atoms with van der Waals surface area (Å²) >= 11 is 0. The molecule has 0 saturated carbocycles. The Balaban J connectivity index is 1.96. The Kier molecular flexibility index (Phi) is 8.62. The highest BCUT2D eigenvalue weighted by molar-refractivity contribution is 7.89. The topological polar surface area (TPSA) is 96.0 Å². The fraction of sp³-hybridized carbons (Fsp3) is 0.417. The van der Waals surface area contributed by atoms with Crippen LogP contribution in [0.4, 0.5) is 18.0 Å². The zero-order valence-corrected chi connectivity index (χ0v) is 20.7. The van der Waals surface area contributed by atoms with E-state index < -0.39 is 33.8 Å². The molecular weight excluding hydrogens is 499 g/mol. The molecular formula is C24H28F3N3O5S. The number of nitrogens with one attached hydrogen (secondary N) is 1. The van der Waals surface area contributed by atoms with Gasteiger partial charge in [-0.1, -0.05) is 12.1 Å². The number of benzene rings is 2. The third kappa shape index (κ3) is 6.35. The van der Waals surface area contributed by atoms with Gasteiger partial charge in [0.25, 0.3) is 0 Å². The van der Waals surface area contributed by atoms with Crippen LogP contribution in [0.3, 0.4) is 0 Å². The van der Waals surface area contributed by atoms with Gasteiger partial charge in [-0.15, -0.1) is 0 Å². The third-order valence-electron chi connectivity index (χ3n) is 5.92. The summed E-state index contributed by atoms with van der Waals surface area (Å²) in [6.07, 6.45) is -3.57. The number of hydrogen-bond donors (Lipinski definition) is 1. The summed E-state index contributed by atoms with van der Waals surface area (Å²) in [6, 6.07) is 8.63. The molecule has 36 heavy (non-hydrogen) atoms. The number of carbonyl (C=O) groups excluding carboxylic acids is 2. The number of ether oxygens (including phenoxy) is 1. The van der Waals surface area contributed by atoms with Gasteiger partial charge < -0.3 is 15.0 Å². The van der Waals surface area contributed by atoms with E-state index in [4.69, 9.17) is 0 Å². The summed E-state index contributed by atoms with van der Waals surface area (Å²) in [5, 5.41) is 2.71. The molecule has 1 aliphatic heterocycles. The number of sulfonamides is 1. The Morgan fingerprint density at radius 3 is 2.31 bits per heavy atom. The van der Waals surface area contributed by atoms with Crippen LogP contribution in [0.25, 0.3) is 0 Å². The number of urea groups is 1. The van der Waals surface area contributed by atoms with Gasteiger partial charge in [-0.25, -0.2) is 18.0 Å².